The van der Waals surface area contributed by atoms with Crippen molar-refractivity contribution in [1.82, 2.24) is 14.7 Å². The highest BCUT2D eigenvalue weighted by atomic mass is 16.5. The largest absolute Gasteiger partial charge is 0.334 e. The van der Waals surface area contributed by atoms with Gasteiger partial charge in [-0.3, -0.25) is 9.59 Å². The van der Waals surface area contributed by atoms with Crippen LogP contribution in [-0.4, -0.2) is 20.6 Å². The second-order valence-electron chi connectivity index (χ2n) is 6.18. The molecule has 0 aliphatic carbocycles. The number of rotatable bonds is 5. The second kappa shape index (κ2) is 7.35. The van der Waals surface area contributed by atoms with Crippen LogP contribution in [0.25, 0.3) is 11.5 Å². The lowest BCUT2D eigenvalue weighted by Crippen LogP contribution is -2.26. The van der Waals surface area contributed by atoms with Crippen LogP contribution >= 0.6 is 0 Å². The Labute approximate surface area is 150 Å². The fourth-order valence-corrected chi connectivity index (χ4v) is 2.70. The van der Waals surface area contributed by atoms with Crippen molar-refractivity contribution in [2.45, 2.75) is 33.7 Å². The van der Waals surface area contributed by atoms with E-state index in [0.29, 0.717) is 29.4 Å². The van der Waals surface area contributed by atoms with Crippen molar-refractivity contribution in [3.8, 4) is 11.5 Å². The van der Waals surface area contributed by atoms with Gasteiger partial charge in [0.05, 0.1) is 5.56 Å². The second-order valence-corrected chi connectivity index (χ2v) is 6.18. The minimum Gasteiger partial charge on any atom is -0.334 e. The van der Waals surface area contributed by atoms with Gasteiger partial charge in [0, 0.05) is 24.4 Å². The predicted molar refractivity (Wildman–Crippen MR) is 97.9 cm³/mol. The summed E-state index contributed by atoms with van der Waals surface area (Å²) in [4.78, 5) is 28.7. The van der Waals surface area contributed by atoms with Crippen molar-refractivity contribution < 1.29 is 9.32 Å². The third-order valence-corrected chi connectivity index (χ3v) is 3.83. The summed E-state index contributed by atoms with van der Waals surface area (Å²) in [6.07, 6.45) is 2.21. The van der Waals surface area contributed by atoms with E-state index in [0.717, 1.165) is 11.1 Å². The average molecular weight is 352 g/mol. The van der Waals surface area contributed by atoms with Crippen LogP contribution in [0, 0.1) is 13.8 Å². The summed E-state index contributed by atoms with van der Waals surface area (Å²) in [7, 11) is 0. The Balaban J connectivity index is 1.79. The van der Waals surface area contributed by atoms with Crippen LogP contribution in [0.2, 0.25) is 0 Å². The Morgan fingerprint density at radius 2 is 1.92 bits per heavy atom. The van der Waals surface area contributed by atoms with Gasteiger partial charge in [-0.15, -0.1) is 0 Å². The van der Waals surface area contributed by atoms with Crippen molar-refractivity contribution in [3.63, 3.8) is 0 Å². The van der Waals surface area contributed by atoms with Crippen LogP contribution < -0.4 is 10.9 Å². The van der Waals surface area contributed by atoms with Crippen molar-refractivity contribution in [3.05, 3.63) is 63.8 Å². The van der Waals surface area contributed by atoms with E-state index in [9.17, 15) is 9.59 Å². The highest BCUT2D eigenvalue weighted by Crippen LogP contribution is 2.16. The van der Waals surface area contributed by atoms with Crippen molar-refractivity contribution in [2.24, 2.45) is 0 Å². The first-order valence-electron chi connectivity index (χ1n) is 8.36. The quantitative estimate of drug-likeness (QED) is 0.762. The zero-order valence-electron chi connectivity index (χ0n) is 14.9. The number of anilines is 1. The molecule has 0 saturated carbocycles. The number of hydrogen-bond acceptors (Lipinski definition) is 5. The first-order valence-corrected chi connectivity index (χ1v) is 8.36. The topological polar surface area (TPSA) is 90.0 Å². The number of carbonyl (C=O) groups is 1. The third-order valence-electron chi connectivity index (χ3n) is 3.83. The fourth-order valence-electron chi connectivity index (χ4n) is 2.70. The number of aryl methyl sites for hydroxylation is 3. The number of nitrogens with zero attached hydrogens (tertiary/aromatic N) is 3. The van der Waals surface area contributed by atoms with Gasteiger partial charge in [-0.25, -0.2) is 0 Å². The Morgan fingerprint density at radius 3 is 2.58 bits per heavy atom. The molecule has 3 rings (SSSR count). The summed E-state index contributed by atoms with van der Waals surface area (Å²) in [6.45, 7) is 5.75. The maximum atomic E-state index is 12.3. The maximum absolute atomic E-state index is 12.3. The molecule has 134 valence electrons. The molecule has 0 atom stereocenters. The van der Waals surface area contributed by atoms with Gasteiger partial charge in [-0.1, -0.05) is 18.1 Å². The number of benzene rings is 1. The SMILES string of the molecule is CCc1noc(-c2ccc(=O)n(CC(=O)Nc3cc(C)cc(C)c3)c2)n1. The number of nitrogens with one attached hydrogen (secondary N) is 1. The summed E-state index contributed by atoms with van der Waals surface area (Å²) in [5.41, 5.74) is 3.14. The van der Waals surface area contributed by atoms with E-state index in [4.69, 9.17) is 4.52 Å². The molecule has 3 aromatic rings. The van der Waals surface area contributed by atoms with Crippen LogP contribution in [-0.2, 0) is 17.8 Å². The van der Waals surface area contributed by atoms with Gasteiger partial charge < -0.3 is 14.4 Å². The normalized spacial score (nSPS) is 10.7. The Kier molecular flexibility index (Phi) is 4.97. The standard InChI is InChI=1S/C19H20N4O3/c1-4-16-21-19(26-22-16)14-5-6-18(25)23(10-14)11-17(24)20-15-8-12(2)7-13(3)9-15/h5-10H,4,11H2,1-3H3,(H,20,24). The van der Waals surface area contributed by atoms with E-state index in [1.807, 2.05) is 39.0 Å². The van der Waals surface area contributed by atoms with Crippen molar-refractivity contribution in [1.29, 1.82) is 0 Å². The van der Waals surface area contributed by atoms with Crippen molar-refractivity contribution >= 4 is 11.6 Å². The van der Waals surface area contributed by atoms with Gasteiger partial charge in [0.15, 0.2) is 5.82 Å². The number of hydrogen-bond donors (Lipinski definition) is 1. The molecule has 0 bridgehead atoms. The lowest BCUT2D eigenvalue weighted by Gasteiger charge is -2.09. The molecule has 1 amide bonds. The minimum atomic E-state index is -0.283. The zero-order valence-corrected chi connectivity index (χ0v) is 14.9. The number of aromatic nitrogens is 3. The summed E-state index contributed by atoms with van der Waals surface area (Å²) in [5, 5.41) is 6.67. The van der Waals surface area contributed by atoms with Crippen LogP contribution in [0.4, 0.5) is 5.69 Å². The summed E-state index contributed by atoms with van der Waals surface area (Å²) in [6, 6.07) is 8.78. The Hall–Kier alpha value is -3.22. The molecular formula is C19H20N4O3. The molecule has 0 aliphatic rings. The van der Waals surface area contributed by atoms with E-state index >= 15 is 0 Å². The first-order chi connectivity index (χ1) is 12.4. The predicted octanol–water partition coefficient (Wildman–Crippen LogP) is 2.72. The average Bonchev–Trinajstić information content (AvgIpc) is 3.05. The van der Waals surface area contributed by atoms with Crippen LogP contribution in [0.5, 0.6) is 0 Å². The molecule has 2 heterocycles. The van der Waals surface area contributed by atoms with E-state index in [2.05, 4.69) is 15.5 Å². The van der Waals surface area contributed by atoms with Gasteiger partial charge in [0.25, 0.3) is 11.4 Å². The van der Waals surface area contributed by atoms with E-state index in [1.165, 1.54) is 10.6 Å². The van der Waals surface area contributed by atoms with Gasteiger partial charge >= 0.3 is 0 Å². The van der Waals surface area contributed by atoms with E-state index in [-0.39, 0.29) is 18.0 Å². The Bertz CT molecular complexity index is 984. The van der Waals surface area contributed by atoms with Gasteiger partial charge in [-0.2, -0.15) is 4.98 Å². The molecule has 0 fully saturated rings. The molecule has 0 aliphatic heterocycles. The number of amides is 1. The Morgan fingerprint density at radius 1 is 1.19 bits per heavy atom. The molecule has 26 heavy (non-hydrogen) atoms. The fraction of sp³-hybridized carbons (Fsp3) is 0.263. The molecule has 0 saturated heterocycles. The smallest absolute Gasteiger partial charge is 0.259 e. The first kappa shape index (κ1) is 17.6. The van der Waals surface area contributed by atoms with Crippen LogP contribution in [0.1, 0.15) is 23.9 Å². The molecule has 0 radical (unpaired) electrons. The van der Waals surface area contributed by atoms with Crippen molar-refractivity contribution in [2.75, 3.05) is 5.32 Å². The summed E-state index contributed by atoms with van der Waals surface area (Å²) >= 11 is 0. The molecule has 1 N–H and O–H groups in total. The highest BCUT2D eigenvalue weighted by molar-refractivity contribution is 5.90. The monoisotopic (exact) mass is 352 g/mol. The summed E-state index contributed by atoms with van der Waals surface area (Å²) < 4.78 is 6.51. The molecule has 7 nitrogen and oxygen atoms in total. The minimum absolute atomic E-state index is 0.103. The molecule has 0 spiro atoms. The van der Waals surface area contributed by atoms with E-state index < -0.39 is 0 Å². The van der Waals surface area contributed by atoms with Gasteiger partial charge in [-0.05, 0) is 43.2 Å². The zero-order chi connectivity index (χ0) is 18.7. The molecular weight excluding hydrogens is 332 g/mol. The molecule has 2 aromatic heterocycles. The lowest BCUT2D eigenvalue weighted by molar-refractivity contribution is -0.116. The highest BCUT2D eigenvalue weighted by Gasteiger charge is 2.11. The molecule has 1 aromatic carbocycles. The number of pyridine rings is 1. The molecule has 0 unspecified atom stereocenters. The van der Waals surface area contributed by atoms with Crippen LogP contribution in [0.15, 0.2) is 45.8 Å². The van der Waals surface area contributed by atoms with Gasteiger partial charge in [0.1, 0.15) is 6.54 Å². The van der Waals surface area contributed by atoms with E-state index in [1.54, 1.807) is 12.3 Å². The van der Waals surface area contributed by atoms with Gasteiger partial charge in [0.2, 0.25) is 5.91 Å². The maximum Gasteiger partial charge on any atom is 0.259 e. The lowest BCUT2D eigenvalue weighted by atomic mass is 10.1. The summed E-state index contributed by atoms with van der Waals surface area (Å²) in [5.74, 6) is 0.629. The van der Waals surface area contributed by atoms with Crippen LogP contribution in [0.3, 0.4) is 0 Å². The molecule has 7 heteroatoms. The number of carbonyl (C=O) groups excluding carboxylic acids is 1. The third kappa shape index (κ3) is 4.05.